The van der Waals surface area contributed by atoms with Gasteiger partial charge >= 0.3 is 0 Å². The van der Waals surface area contributed by atoms with Gasteiger partial charge in [-0.25, -0.2) is 0 Å². The van der Waals surface area contributed by atoms with Crippen LogP contribution in [-0.2, 0) is 4.79 Å². The van der Waals surface area contributed by atoms with Gasteiger partial charge < -0.3 is 10.4 Å². The lowest BCUT2D eigenvalue weighted by molar-refractivity contribution is -0.138. The first-order valence-electron chi connectivity index (χ1n) is 8.06. The van der Waals surface area contributed by atoms with Gasteiger partial charge in [0.25, 0.3) is 0 Å². The van der Waals surface area contributed by atoms with Gasteiger partial charge in [0.15, 0.2) is 0 Å². The van der Waals surface area contributed by atoms with Crippen LogP contribution in [0, 0.1) is 35.5 Å². The molecule has 1 unspecified atom stereocenters. The van der Waals surface area contributed by atoms with Crippen molar-refractivity contribution in [2.45, 2.75) is 45.4 Å². The molecule has 0 aliphatic heterocycles. The lowest BCUT2D eigenvalue weighted by Gasteiger charge is -2.53. The van der Waals surface area contributed by atoms with Crippen molar-refractivity contribution in [2.75, 3.05) is 13.2 Å². The van der Waals surface area contributed by atoms with Gasteiger partial charge in [-0.05, 0) is 68.1 Å². The Morgan fingerprint density at radius 2 is 1.74 bits per heavy atom. The zero-order valence-electron chi connectivity index (χ0n) is 12.0. The van der Waals surface area contributed by atoms with E-state index in [1.54, 1.807) is 0 Å². The lowest BCUT2D eigenvalue weighted by atomic mass is 9.51. The molecule has 0 radical (unpaired) electrons. The van der Waals surface area contributed by atoms with Crippen LogP contribution in [-0.4, -0.2) is 24.2 Å². The molecule has 4 bridgehead atoms. The molecule has 19 heavy (non-hydrogen) atoms. The van der Waals surface area contributed by atoms with Crippen LogP contribution in [0.5, 0.6) is 0 Å². The molecule has 2 N–H and O–H groups in total. The van der Waals surface area contributed by atoms with Crippen LogP contribution in [0.1, 0.15) is 45.4 Å². The fourth-order valence-corrected chi connectivity index (χ4v) is 5.07. The third-order valence-corrected chi connectivity index (χ3v) is 5.78. The average Bonchev–Trinajstić information content (AvgIpc) is 2.35. The van der Waals surface area contributed by atoms with E-state index in [4.69, 9.17) is 5.11 Å². The van der Waals surface area contributed by atoms with Crippen molar-refractivity contribution >= 4 is 5.91 Å². The number of rotatable bonds is 5. The van der Waals surface area contributed by atoms with E-state index in [1.807, 2.05) is 0 Å². The number of carbonyl (C=O) groups is 1. The summed E-state index contributed by atoms with van der Waals surface area (Å²) < 4.78 is 0. The van der Waals surface area contributed by atoms with Crippen LogP contribution < -0.4 is 5.32 Å². The summed E-state index contributed by atoms with van der Waals surface area (Å²) in [6, 6.07) is 0. The summed E-state index contributed by atoms with van der Waals surface area (Å²) in [4.78, 5) is 12.5. The van der Waals surface area contributed by atoms with Gasteiger partial charge in [0.2, 0.25) is 5.91 Å². The Labute approximate surface area is 116 Å². The number of carbonyl (C=O) groups excluding carboxylic acids is 1. The third-order valence-electron chi connectivity index (χ3n) is 5.78. The monoisotopic (exact) mass is 265 g/mol. The molecule has 0 saturated heterocycles. The first kappa shape index (κ1) is 13.4. The molecule has 0 heterocycles. The molecule has 4 fully saturated rings. The Balaban J connectivity index is 1.55. The van der Waals surface area contributed by atoms with E-state index in [1.165, 1.54) is 32.1 Å². The Kier molecular flexibility index (Phi) is 3.84. The molecular weight excluding hydrogens is 238 g/mol. The summed E-state index contributed by atoms with van der Waals surface area (Å²) in [6.45, 7) is 3.03. The van der Waals surface area contributed by atoms with Crippen molar-refractivity contribution in [3.63, 3.8) is 0 Å². The summed E-state index contributed by atoms with van der Waals surface area (Å²) in [5, 5.41) is 12.0. The summed E-state index contributed by atoms with van der Waals surface area (Å²) in [5.41, 5.74) is 0. The van der Waals surface area contributed by atoms with Gasteiger partial charge in [0, 0.05) is 19.1 Å². The maximum Gasteiger partial charge on any atom is 0.223 e. The zero-order chi connectivity index (χ0) is 13.4. The molecule has 0 aromatic carbocycles. The number of hydrogen-bond acceptors (Lipinski definition) is 2. The van der Waals surface area contributed by atoms with Crippen molar-refractivity contribution in [3.05, 3.63) is 0 Å². The second-order valence-electron chi connectivity index (χ2n) is 7.32. The molecule has 3 nitrogen and oxygen atoms in total. The highest BCUT2D eigenvalue weighted by molar-refractivity contribution is 5.79. The maximum atomic E-state index is 12.5. The molecule has 4 rings (SSSR count). The van der Waals surface area contributed by atoms with Gasteiger partial charge in [-0.15, -0.1) is 0 Å². The van der Waals surface area contributed by atoms with Crippen molar-refractivity contribution in [1.29, 1.82) is 0 Å². The standard InChI is InChI=1S/C16H27NO2/c1-10(2-3-18)9-17-16(19)15-13-5-11-4-12(7-13)8-14(15)6-11/h10-15,18H,2-9H2,1H3,(H,17,19). The van der Waals surface area contributed by atoms with E-state index >= 15 is 0 Å². The minimum absolute atomic E-state index is 0.217. The number of hydrogen-bond donors (Lipinski definition) is 2. The van der Waals surface area contributed by atoms with E-state index < -0.39 is 0 Å². The second-order valence-corrected chi connectivity index (χ2v) is 7.32. The largest absolute Gasteiger partial charge is 0.396 e. The Morgan fingerprint density at radius 3 is 2.26 bits per heavy atom. The zero-order valence-corrected chi connectivity index (χ0v) is 12.0. The van der Waals surface area contributed by atoms with Crippen LogP contribution in [0.25, 0.3) is 0 Å². The summed E-state index contributed by atoms with van der Waals surface area (Å²) in [7, 11) is 0. The Bertz CT molecular complexity index is 314. The smallest absolute Gasteiger partial charge is 0.223 e. The number of aliphatic hydroxyl groups excluding tert-OH is 1. The van der Waals surface area contributed by atoms with Crippen molar-refractivity contribution in [1.82, 2.24) is 5.32 Å². The highest BCUT2D eigenvalue weighted by Gasteiger charge is 2.50. The quantitative estimate of drug-likeness (QED) is 0.800. The predicted octanol–water partition coefficient (Wildman–Crippen LogP) is 2.19. The van der Waals surface area contributed by atoms with Crippen LogP contribution in [0.4, 0.5) is 0 Å². The minimum Gasteiger partial charge on any atom is -0.396 e. The highest BCUT2D eigenvalue weighted by Crippen LogP contribution is 2.56. The van der Waals surface area contributed by atoms with Crippen molar-refractivity contribution < 1.29 is 9.90 Å². The molecule has 0 aromatic rings. The van der Waals surface area contributed by atoms with Crippen LogP contribution in [0.15, 0.2) is 0 Å². The molecule has 108 valence electrons. The fraction of sp³-hybridized carbons (Fsp3) is 0.938. The molecule has 1 amide bonds. The second kappa shape index (κ2) is 5.43. The predicted molar refractivity (Wildman–Crippen MR) is 74.4 cm³/mol. The molecular formula is C16H27NO2. The first-order chi connectivity index (χ1) is 9.17. The Morgan fingerprint density at radius 1 is 1.16 bits per heavy atom. The van der Waals surface area contributed by atoms with Crippen molar-refractivity contribution in [3.8, 4) is 0 Å². The summed E-state index contributed by atoms with van der Waals surface area (Å²) in [5.74, 6) is 4.19. The lowest BCUT2D eigenvalue weighted by Crippen LogP contribution is -2.51. The van der Waals surface area contributed by atoms with Crippen molar-refractivity contribution in [2.24, 2.45) is 35.5 Å². The van der Waals surface area contributed by atoms with Crippen LogP contribution >= 0.6 is 0 Å². The van der Waals surface area contributed by atoms with Crippen LogP contribution in [0.3, 0.4) is 0 Å². The van der Waals surface area contributed by atoms with Crippen LogP contribution in [0.2, 0.25) is 0 Å². The first-order valence-corrected chi connectivity index (χ1v) is 8.06. The van der Waals surface area contributed by atoms with Gasteiger partial charge in [-0.1, -0.05) is 6.92 Å². The molecule has 3 heteroatoms. The highest BCUT2D eigenvalue weighted by atomic mass is 16.3. The molecule has 0 spiro atoms. The van der Waals surface area contributed by atoms with E-state index in [0.29, 0.717) is 29.6 Å². The normalized spacial score (nSPS) is 41.3. The number of aliphatic hydroxyl groups is 1. The van der Waals surface area contributed by atoms with E-state index in [9.17, 15) is 4.79 Å². The van der Waals surface area contributed by atoms with E-state index in [-0.39, 0.29) is 6.61 Å². The molecule has 4 aliphatic carbocycles. The van der Waals surface area contributed by atoms with E-state index in [0.717, 1.165) is 24.8 Å². The summed E-state index contributed by atoms with van der Waals surface area (Å²) in [6.07, 6.45) is 7.43. The SMILES string of the molecule is CC(CCO)CNC(=O)C1C2CC3CC(C2)CC1C3. The average molecular weight is 265 g/mol. The fourth-order valence-electron chi connectivity index (χ4n) is 5.07. The molecule has 1 atom stereocenters. The van der Waals surface area contributed by atoms with E-state index in [2.05, 4.69) is 12.2 Å². The molecule has 4 aliphatic rings. The molecule has 4 saturated carbocycles. The number of nitrogens with one attached hydrogen (secondary N) is 1. The molecule has 0 aromatic heterocycles. The third kappa shape index (κ3) is 2.67. The van der Waals surface area contributed by atoms with Gasteiger partial charge in [-0.2, -0.15) is 0 Å². The topological polar surface area (TPSA) is 49.3 Å². The van der Waals surface area contributed by atoms with Gasteiger partial charge in [0.05, 0.1) is 0 Å². The maximum absolute atomic E-state index is 12.5. The minimum atomic E-state index is 0.217. The number of amides is 1. The van der Waals surface area contributed by atoms with Gasteiger partial charge in [-0.3, -0.25) is 4.79 Å². The Hall–Kier alpha value is -0.570. The van der Waals surface area contributed by atoms with Gasteiger partial charge in [0.1, 0.15) is 0 Å². The summed E-state index contributed by atoms with van der Waals surface area (Å²) >= 11 is 0.